The van der Waals surface area contributed by atoms with Crippen molar-refractivity contribution in [3.05, 3.63) is 99.8 Å². The summed E-state index contributed by atoms with van der Waals surface area (Å²) in [5.41, 5.74) is 2.42. The van der Waals surface area contributed by atoms with E-state index in [1.807, 2.05) is 66.7 Å². The summed E-state index contributed by atoms with van der Waals surface area (Å²) in [6.07, 6.45) is 3.00. The van der Waals surface area contributed by atoms with Crippen molar-refractivity contribution < 1.29 is 9.84 Å². The maximum atomic E-state index is 12.6. The van der Waals surface area contributed by atoms with Gasteiger partial charge in [-0.1, -0.05) is 41.4 Å². The largest absolute Gasteiger partial charge is 0.481 e. The second kappa shape index (κ2) is 10.1. The van der Waals surface area contributed by atoms with Crippen LogP contribution in [-0.2, 0) is 6.42 Å². The molecule has 7 heteroatoms. The number of nitrogens with zero attached hydrogens (tertiary/aromatic N) is 2. The fraction of sp³-hybridized carbons (Fsp3) is 0.286. The molecule has 180 valence electrons. The fourth-order valence-corrected chi connectivity index (χ4v) is 5.56. The number of hydrogen-bond donors (Lipinski definition) is 2. The van der Waals surface area contributed by atoms with Crippen molar-refractivity contribution in [2.75, 3.05) is 20.2 Å². The summed E-state index contributed by atoms with van der Waals surface area (Å²) in [7, 11) is 1.62. The van der Waals surface area contributed by atoms with Gasteiger partial charge in [0.15, 0.2) is 0 Å². The second-order valence-electron chi connectivity index (χ2n) is 9.08. The Morgan fingerprint density at radius 1 is 1.09 bits per heavy atom. The molecule has 2 aromatic carbocycles. The predicted octanol–water partition coefficient (Wildman–Crippen LogP) is 5.66. The molecule has 0 saturated carbocycles. The molecule has 3 atom stereocenters. The minimum Gasteiger partial charge on any atom is -0.481 e. The number of hydrogen-bond acceptors (Lipinski definition) is 5. The van der Waals surface area contributed by atoms with Crippen molar-refractivity contribution in [1.82, 2.24) is 15.3 Å². The molecule has 2 aromatic heterocycles. The smallest absolute Gasteiger partial charge is 0.217 e. The third-order valence-corrected chi connectivity index (χ3v) is 7.45. The Balaban J connectivity index is 1.69. The molecule has 5 rings (SSSR count). The lowest BCUT2D eigenvalue weighted by atomic mass is 9.66. The Bertz CT molecular complexity index is 1320. The van der Waals surface area contributed by atoms with Gasteiger partial charge in [-0.15, -0.1) is 0 Å². The number of aliphatic hydroxyl groups is 1. The summed E-state index contributed by atoms with van der Waals surface area (Å²) in [5.74, 6) is -0.00341. The first-order valence-corrected chi connectivity index (χ1v) is 12.5. The van der Waals surface area contributed by atoms with Gasteiger partial charge in [-0.05, 0) is 73.5 Å². The van der Waals surface area contributed by atoms with Crippen molar-refractivity contribution in [3.8, 4) is 5.88 Å². The molecule has 1 saturated heterocycles. The van der Waals surface area contributed by atoms with Gasteiger partial charge < -0.3 is 15.2 Å². The maximum absolute atomic E-state index is 12.6. The van der Waals surface area contributed by atoms with E-state index in [2.05, 4.69) is 10.3 Å². The summed E-state index contributed by atoms with van der Waals surface area (Å²) in [4.78, 5) is 9.32. The maximum Gasteiger partial charge on any atom is 0.217 e. The highest BCUT2D eigenvalue weighted by atomic mass is 35.5. The van der Waals surface area contributed by atoms with E-state index >= 15 is 0 Å². The quantitative estimate of drug-likeness (QED) is 0.352. The highest BCUT2D eigenvalue weighted by Gasteiger charge is 2.48. The number of halogens is 2. The molecule has 3 heterocycles. The topological polar surface area (TPSA) is 67.3 Å². The lowest BCUT2D eigenvalue weighted by Gasteiger charge is -2.46. The zero-order chi connectivity index (χ0) is 24.4. The minimum absolute atomic E-state index is 0.0911. The number of aromatic nitrogens is 2. The van der Waals surface area contributed by atoms with E-state index in [9.17, 15) is 5.11 Å². The van der Waals surface area contributed by atoms with Gasteiger partial charge in [-0.2, -0.15) is 0 Å². The van der Waals surface area contributed by atoms with Crippen molar-refractivity contribution in [3.63, 3.8) is 0 Å². The molecule has 1 aliphatic heterocycles. The van der Waals surface area contributed by atoms with Crippen molar-refractivity contribution >= 4 is 34.1 Å². The van der Waals surface area contributed by atoms with Gasteiger partial charge in [-0.3, -0.25) is 4.98 Å². The van der Waals surface area contributed by atoms with E-state index in [0.29, 0.717) is 41.9 Å². The van der Waals surface area contributed by atoms with Gasteiger partial charge in [0.05, 0.1) is 18.2 Å². The van der Waals surface area contributed by atoms with E-state index in [4.69, 9.17) is 32.9 Å². The highest BCUT2D eigenvalue weighted by molar-refractivity contribution is 6.31. The van der Waals surface area contributed by atoms with E-state index in [1.165, 1.54) is 0 Å². The first kappa shape index (κ1) is 24.0. The van der Waals surface area contributed by atoms with Crippen LogP contribution < -0.4 is 10.1 Å². The van der Waals surface area contributed by atoms with E-state index in [1.54, 1.807) is 13.3 Å². The molecule has 1 fully saturated rings. The molecule has 5 nitrogen and oxygen atoms in total. The van der Waals surface area contributed by atoms with Crippen molar-refractivity contribution in [2.24, 2.45) is 5.92 Å². The molecule has 0 bridgehead atoms. The first-order chi connectivity index (χ1) is 17.0. The fourth-order valence-electron chi connectivity index (χ4n) is 5.26. The van der Waals surface area contributed by atoms with Crippen LogP contribution >= 0.6 is 23.2 Å². The second-order valence-corrected chi connectivity index (χ2v) is 9.95. The number of benzene rings is 2. The normalized spacial score (nSPS) is 21.1. The molecule has 4 aromatic rings. The zero-order valence-electron chi connectivity index (χ0n) is 19.4. The van der Waals surface area contributed by atoms with Crippen molar-refractivity contribution in [2.45, 2.75) is 24.4 Å². The third-order valence-electron chi connectivity index (χ3n) is 6.96. The van der Waals surface area contributed by atoms with Crippen LogP contribution in [0.5, 0.6) is 5.88 Å². The van der Waals surface area contributed by atoms with Gasteiger partial charge in [0.25, 0.3) is 0 Å². The van der Waals surface area contributed by atoms with Crippen LogP contribution in [-0.4, -0.2) is 40.9 Å². The lowest BCUT2D eigenvalue weighted by molar-refractivity contribution is -0.0547. The Kier molecular flexibility index (Phi) is 6.94. The Labute approximate surface area is 215 Å². The van der Waals surface area contributed by atoms with E-state index in [-0.39, 0.29) is 5.92 Å². The molecular weight excluding hydrogens is 481 g/mol. The molecule has 0 amide bonds. The van der Waals surface area contributed by atoms with Crippen LogP contribution in [0.15, 0.2) is 72.9 Å². The van der Waals surface area contributed by atoms with Gasteiger partial charge >= 0.3 is 0 Å². The number of rotatable bonds is 6. The standard InChI is InChI=1S/C28H27Cl2N3O2/c1-35-27-24(15-19-14-22(30)9-10-25(19)33-27)26(18-5-7-21(29)8-6-18)28(34)11-13-31-17-20(28)16-23-4-2-3-12-32-23/h2-10,12,14-15,20,26,31,34H,11,13,16-17H2,1H3. The Morgan fingerprint density at radius 3 is 2.63 bits per heavy atom. The van der Waals surface area contributed by atoms with Gasteiger partial charge in [0, 0.05) is 51.3 Å². The Hall–Kier alpha value is -2.70. The van der Waals surface area contributed by atoms with Gasteiger partial charge in [0.1, 0.15) is 0 Å². The van der Waals surface area contributed by atoms with Gasteiger partial charge in [-0.25, -0.2) is 4.98 Å². The highest BCUT2D eigenvalue weighted by Crippen LogP contribution is 2.47. The summed E-state index contributed by atoms with van der Waals surface area (Å²) < 4.78 is 5.79. The molecular formula is C28H27Cl2N3O2. The Morgan fingerprint density at radius 2 is 1.89 bits per heavy atom. The summed E-state index contributed by atoms with van der Waals surface area (Å²) in [6.45, 7) is 1.38. The summed E-state index contributed by atoms with van der Waals surface area (Å²) in [5, 5.41) is 18.2. The number of ether oxygens (including phenoxy) is 1. The predicted molar refractivity (Wildman–Crippen MR) is 140 cm³/mol. The third kappa shape index (κ3) is 4.87. The van der Waals surface area contributed by atoms with Crippen LogP contribution in [0.4, 0.5) is 0 Å². The van der Waals surface area contributed by atoms with Crippen molar-refractivity contribution in [1.29, 1.82) is 0 Å². The van der Waals surface area contributed by atoms with Crippen LogP contribution in [0, 0.1) is 5.92 Å². The van der Waals surface area contributed by atoms with Crippen LogP contribution in [0.2, 0.25) is 10.0 Å². The zero-order valence-corrected chi connectivity index (χ0v) is 20.9. The van der Waals surface area contributed by atoms with Crippen LogP contribution in [0.1, 0.15) is 29.2 Å². The number of methoxy groups -OCH3 is 1. The number of pyridine rings is 2. The molecule has 0 spiro atoms. The van der Waals surface area contributed by atoms with Gasteiger partial charge in [0.2, 0.25) is 5.88 Å². The minimum atomic E-state index is -1.09. The molecule has 1 aliphatic rings. The molecule has 0 aliphatic carbocycles. The number of piperidine rings is 1. The lowest BCUT2D eigenvalue weighted by Crippen LogP contribution is -2.55. The average molecular weight is 508 g/mol. The monoisotopic (exact) mass is 507 g/mol. The average Bonchev–Trinajstić information content (AvgIpc) is 2.87. The van der Waals surface area contributed by atoms with E-state index in [0.717, 1.165) is 27.7 Å². The number of fused-ring (bicyclic) bond motifs is 1. The SMILES string of the molecule is COc1nc2ccc(Cl)cc2cc1C(c1ccc(Cl)cc1)C1(O)CCNCC1Cc1ccccn1. The molecule has 0 radical (unpaired) electrons. The first-order valence-electron chi connectivity index (χ1n) is 11.7. The van der Waals surface area contributed by atoms with E-state index < -0.39 is 11.5 Å². The molecule has 2 N–H and O–H groups in total. The molecule has 35 heavy (non-hydrogen) atoms. The summed E-state index contributed by atoms with van der Waals surface area (Å²) in [6, 6.07) is 21.2. The molecule has 3 unspecified atom stereocenters. The number of nitrogens with one attached hydrogen (secondary N) is 1. The summed E-state index contributed by atoms with van der Waals surface area (Å²) >= 11 is 12.6. The van der Waals surface area contributed by atoms with Crippen LogP contribution in [0.3, 0.4) is 0 Å². The van der Waals surface area contributed by atoms with Crippen LogP contribution in [0.25, 0.3) is 10.9 Å².